The number of methoxy groups -OCH3 is 1. The molecule has 3 rings (SSSR count). The Morgan fingerprint density at radius 2 is 1.79 bits per heavy atom. The van der Waals surface area contributed by atoms with Crippen LogP contribution in [0.3, 0.4) is 0 Å². The number of alkyl halides is 1. The van der Waals surface area contributed by atoms with Gasteiger partial charge in [0.05, 0.1) is 13.3 Å². The maximum atomic E-state index is 14.8. The van der Waals surface area contributed by atoms with E-state index in [4.69, 9.17) is 9.47 Å². The van der Waals surface area contributed by atoms with Crippen LogP contribution in [0.15, 0.2) is 60.8 Å². The van der Waals surface area contributed by atoms with Crippen LogP contribution in [0.2, 0.25) is 0 Å². The van der Waals surface area contributed by atoms with Crippen molar-refractivity contribution in [3.8, 4) is 17.0 Å². The standard InChI is InChI=1S/C27H30BrFN2O3/c1-18(2)31(19(3)27(32)34-17-20-8-6-5-7-9-20)16-22-12-21(14-28)10-11-23(22)24-13-26(33-4)30-15-25(24)29/h5-13,15,18-19H,14,16-17H2,1-4H3. The number of nitrogens with zero attached hydrogens (tertiary/aromatic N) is 2. The molecule has 0 aliphatic carbocycles. The number of carbonyl (C=O) groups is 1. The zero-order valence-electron chi connectivity index (χ0n) is 19.9. The van der Waals surface area contributed by atoms with Crippen LogP contribution < -0.4 is 4.74 Å². The Balaban J connectivity index is 1.89. The van der Waals surface area contributed by atoms with Crippen LogP contribution in [0.25, 0.3) is 11.1 Å². The number of esters is 1. The van der Waals surface area contributed by atoms with E-state index in [1.54, 1.807) is 6.07 Å². The SMILES string of the molecule is COc1cc(-c2ccc(CBr)cc2CN(C(C)C)C(C)C(=O)OCc2ccccc2)c(F)cn1. The van der Waals surface area contributed by atoms with Crippen molar-refractivity contribution in [2.75, 3.05) is 7.11 Å². The van der Waals surface area contributed by atoms with Crippen molar-refractivity contribution in [3.63, 3.8) is 0 Å². The van der Waals surface area contributed by atoms with E-state index in [1.165, 1.54) is 13.3 Å². The van der Waals surface area contributed by atoms with Gasteiger partial charge in [0, 0.05) is 29.5 Å². The summed E-state index contributed by atoms with van der Waals surface area (Å²) in [7, 11) is 1.50. The van der Waals surface area contributed by atoms with Gasteiger partial charge in [0.2, 0.25) is 5.88 Å². The first kappa shape index (κ1) is 25.8. The zero-order chi connectivity index (χ0) is 24.7. The van der Waals surface area contributed by atoms with Crippen LogP contribution >= 0.6 is 15.9 Å². The van der Waals surface area contributed by atoms with E-state index in [0.29, 0.717) is 23.3 Å². The highest BCUT2D eigenvalue weighted by atomic mass is 79.9. The van der Waals surface area contributed by atoms with Gasteiger partial charge in [0.25, 0.3) is 0 Å². The fourth-order valence-corrected chi connectivity index (χ4v) is 4.16. The Bertz CT molecular complexity index is 1110. The number of hydrogen-bond donors (Lipinski definition) is 0. The molecule has 0 fully saturated rings. The van der Waals surface area contributed by atoms with Gasteiger partial charge >= 0.3 is 5.97 Å². The van der Waals surface area contributed by atoms with Crippen LogP contribution in [0.4, 0.5) is 4.39 Å². The van der Waals surface area contributed by atoms with Crippen molar-refractivity contribution >= 4 is 21.9 Å². The second kappa shape index (κ2) is 12.1. The Hall–Kier alpha value is -2.77. The number of hydrogen-bond acceptors (Lipinski definition) is 5. The first-order chi connectivity index (χ1) is 16.3. The second-order valence-electron chi connectivity index (χ2n) is 8.37. The molecule has 3 aromatic rings. The van der Waals surface area contributed by atoms with Gasteiger partial charge in [-0.2, -0.15) is 0 Å². The lowest BCUT2D eigenvalue weighted by molar-refractivity contribution is -0.151. The van der Waals surface area contributed by atoms with E-state index in [1.807, 2.05) is 69.3 Å². The molecule has 5 nitrogen and oxygen atoms in total. The molecular weight excluding hydrogens is 499 g/mol. The number of rotatable bonds is 10. The lowest BCUT2D eigenvalue weighted by atomic mass is 9.97. The van der Waals surface area contributed by atoms with Crippen molar-refractivity contribution in [1.29, 1.82) is 0 Å². The van der Waals surface area contributed by atoms with Gasteiger partial charge < -0.3 is 9.47 Å². The average molecular weight is 529 g/mol. The smallest absolute Gasteiger partial charge is 0.323 e. The van der Waals surface area contributed by atoms with Crippen molar-refractivity contribution in [2.24, 2.45) is 0 Å². The van der Waals surface area contributed by atoms with E-state index < -0.39 is 11.9 Å². The fraction of sp³-hybridized carbons (Fsp3) is 0.333. The average Bonchev–Trinajstić information content (AvgIpc) is 2.86. The minimum Gasteiger partial charge on any atom is -0.481 e. The Labute approximate surface area is 209 Å². The Morgan fingerprint density at radius 1 is 1.06 bits per heavy atom. The monoisotopic (exact) mass is 528 g/mol. The second-order valence-corrected chi connectivity index (χ2v) is 8.93. The van der Waals surface area contributed by atoms with E-state index in [2.05, 4.69) is 25.8 Å². The normalized spacial score (nSPS) is 12.1. The molecule has 0 saturated carbocycles. The molecule has 0 spiro atoms. The largest absolute Gasteiger partial charge is 0.481 e. The molecular formula is C27H30BrFN2O3. The molecule has 7 heteroatoms. The third kappa shape index (κ3) is 6.42. The molecule has 0 N–H and O–H groups in total. The minimum atomic E-state index is -0.485. The zero-order valence-corrected chi connectivity index (χ0v) is 21.5. The topological polar surface area (TPSA) is 51.7 Å². The molecule has 0 aliphatic heterocycles. The van der Waals surface area contributed by atoms with Crippen molar-refractivity contribution in [2.45, 2.75) is 51.3 Å². The summed E-state index contributed by atoms with van der Waals surface area (Å²) in [6.45, 7) is 6.58. The van der Waals surface area contributed by atoms with Gasteiger partial charge in [-0.05, 0) is 43.0 Å². The van der Waals surface area contributed by atoms with Gasteiger partial charge in [-0.1, -0.05) is 64.5 Å². The maximum Gasteiger partial charge on any atom is 0.323 e. The Kier molecular flexibility index (Phi) is 9.19. The van der Waals surface area contributed by atoms with Crippen molar-refractivity contribution in [1.82, 2.24) is 9.88 Å². The molecule has 0 aliphatic rings. The van der Waals surface area contributed by atoms with E-state index in [9.17, 15) is 9.18 Å². The van der Waals surface area contributed by atoms with Gasteiger partial charge in [0.15, 0.2) is 0 Å². The summed E-state index contributed by atoms with van der Waals surface area (Å²) in [6.07, 6.45) is 1.17. The van der Waals surface area contributed by atoms with Gasteiger partial charge in [-0.3, -0.25) is 9.69 Å². The summed E-state index contributed by atoms with van der Waals surface area (Å²) in [5.74, 6) is -0.391. The highest BCUT2D eigenvalue weighted by Gasteiger charge is 2.26. The van der Waals surface area contributed by atoms with Crippen LogP contribution in [0, 0.1) is 5.82 Å². The van der Waals surface area contributed by atoms with E-state index in [0.717, 1.165) is 22.3 Å². The molecule has 1 atom stereocenters. The first-order valence-corrected chi connectivity index (χ1v) is 12.3. The molecule has 0 saturated heterocycles. The van der Waals surface area contributed by atoms with Crippen LogP contribution in [-0.4, -0.2) is 35.0 Å². The highest BCUT2D eigenvalue weighted by Crippen LogP contribution is 2.31. The van der Waals surface area contributed by atoms with E-state index >= 15 is 0 Å². The predicted octanol–water partition coefficient (Wildman–Crippen LogP) is 6.13. The molecule has 0 amide bonds. The number of ether oxygens (including phenoxy) is 2. The summed E-state index contributed by atoms with van der Waals surface area (Å²) in [6, 6.07) is 16.7. The number of carbonyl (C=O) groups excluding carboxylic acids is 1. The van der Waals surface area contributed by atoms with Crippen LogP contribution in [0.1, 0.15) is 37.5 Å². The summed E-state index contributed by atoms with van der Waals surface area (Å²) in [5.41, 5.74) is 4.04. The number of halogens is 2. The van der Waals surface area contributed by atoms with Crippen molar-refractivity contribution in [3.05, 3.63) is 83.3 Å². The lowest BCUT2D eigenvalue weighted by Crippen LogP contribution is -2.43. The quantitative estimate of drug-likeness (QED) is 0.234. The molecule has 1 aromatic heterocycles. The minimum absolute atomic E-state index is 0.0524. The third-order valence-electron chi connectivity index (χ3n) is 5.73. The summed E-state index contributed by atoms with van der Waals surface area (Å²) >= 11 is 3.51. The molecule has 1 unspecified atom stereocenters. The molecule has 0 bridgehead atoms. The molecule has 0 radical (unpaired) electrons. The fourth-order valence-electron chi connectivity index (χ4n) is 3.81. The predicted molar refractivity (Wildman–Crippen MR) is 135 cm³/mol. The summed E-state index contributed by atoms with van der Waals surface area (Å²) in [4.78, 5) is 18.9. The molecule has 180 valence electrons. The molecule has 2 aromatic carbocycles. The van der Waals surface area contributed by atoms with Gasteiger partial charge in [-0.25, -0.2) is 9.37 Å². The lowest BCUT2D eigenvalue weighted by Gasteiger charge is -2.32. The van der Waals surface area contributed by atoms with Gasteiger partial charge in [0.1, 0.15) is 18.5 Å². The van der Waals surface area contributed by atoms with E-state index in [-0.39, 0.29) is 18.6 Å². The summed E-state index contributed by atoms with van der Waals surface area (Å²) < 4.78 is 25.6. The first-order valence-electron chi connectivity index (χ1n) is 11.2. The number of benzene rings is 2. The third-order valence-corrected chi connectivity index (χ3v) is 6.38. The molecule has 34 heavy (non-hydrogen) atoms. The highest BCUT2D eigenvalue weighted by molar-refractivity contribution is 9.08. The van der Waals surface area contributed by atoms with Crippen LogP contribution in [-0.2, 0) is 28.0 Å². The van der Waals surface area contributed by atoms with Crippen molar-refractivity contribution < 1.29 is 18.7 Å². The van der Waals surface area contributed by atoms with Gasteiger partial charge in [-0.15, -0.1) is 0 Å². The molecule has 1 heterocycles. The Morgan fingerprint density at radius 3 is 2.44 bits per heavy atom. The summed E-state index contributed by atoms with van der Waals surface area (Å²) in [5, 5.41) is 0.665. The number of pyridine rings is 1. The number of aromatic nitrogens is 1. The van der Waals surface area contributed by atoms with Crippen LogP contribution in [0.5, 0.6) is 5.88 Å². The maximum absolute atomic E-state index is 14.8.